The lowest BCUT2D eigenvalue weighted by Crippen LogP contribution is -2.59. The van der Waals surface area contributed by atoms with Crippen molar-refractivity contribution in [3.63, 3.8) is 0 Å². The van der Waals surface area contributed by atoms with Gasteiger partial charge >= 0.3 is 5.97 Å². The van der Waals surface area contributed by atoms with Crippen LogP contribution in [-0.4, -0.2) is 36.4 Å². The summed E-state index contributed by atoms with van der Waals surface area (Å²) in [5.74, 6) is -0.820. The molecule has 0 aliphatic carbocycles. The fourth-order valence-electron chi connectivity index (χ4n) is 1.18. The van der Waals surface area contributed by atoms with E-state index in [9.17, 15) is 4.79 Å². The van der Waals surface area contributed by atoms with E-state index in [0.29, 0.717) is 19.6 Å². The molecule has 0 radical (unpaired) electrons. The van der Waals surface area contributed by atoms with Gasteiger partial charge in [-0.15, -0.1) is 0 Å². The second kappa shape index (κ2) is 3.19. The third-order valence-electron chi connectivity index (χ3n) is 2.07. The zero-order valence-electron chi connectivity index (χ0n) is 6.59. The molecule has 1 heterocycles. The van der Waals surface area contributed by atoms with Crippen molar-refractivity contribution in [1.82, 2.24) is 5.32 Å². The minimum Gasteiger partial charge on any atom is -0.480 e. The summed E-state index contributed by atoms with van der Waals surface area (Å²) < 4.78 is 5.09. The van der Waals surface area contributed by atoms with E-state index in [1.165, 1.54) is 0 Å². The predicted octanol–water partition coefficient (Wildman–Crippen LogP) is -0.160. The Hall–Kier alpha value is -0.610. The average molecular weight is 159 g/mol. The highest BCUT2D eigenvalue weighted by Gasteiger charge is 2.38. The van der Waals surface area contributed by atoms with Gasteiger partial charge in [-0.25, -0.2) is 0 Å². The van der Waals surface area contributed by atoms with Gasteiger partial charge in [0.05, 0.1) is 13.2 Å². The van der Waals surface area contributed by atoms with Gasteiger partial charge in [-0.2, -0.15) is 0 Å². The molecule has 1 aliphatic heterocycles. The van der Waals surface area contributed by atoms with Crippen molar-refractivity contribution in [1.29, 1.82) is 0 Å². The summed E-state index contributed by atoms with van der Waals surface area (Å²) in [5, 5.41) is 11.8. The summed E-state index contributed by atoms with van der Waals surface area (Å²) in [4.78, 5) is 10.8. The van der Waals surface area contributed by atoms with Crippen LogP contribution in [0.25, 0.3) is 0 Å². The number of carboxylic acids is 1. The Morgan fingerprint density at radius 1 is 1.82 bits per heavy atom. The van der Waals surface area contributed by atoms with Crippen LogP contribution in [0, 0.1) is 0 Å². The van der Waals surface area contributed by atoms with Crippen LogP contribution in [0.2, 0.25) is 0 Å². The molecule has 0 aromatic carbocycles. The summed E-state index contributed by atoms with van der Waals surface area (Å²) in [6, 6.07) is 0. The van der Waals surface area contributed by atoms with Crippen molar-refractivity contribution in [2.45, 2.75) is 18.9 Å². The molecule has 0 aromatic rings. The first kappa shape index (κ1) is 8.49. The molecule has 0 spiro atoms. The Kier molecular flexibility index (Phi) is 2.46. The number of nitrogens with one attached hydrogen (secondary N) is 1. The maximum Gasteiger partial charge on any atom is 0.326 e. The largest absolute Gasteiger partial charge is 0.480 e. The monoisotopic (exact) mass is 159 g/mol. The number of rotatable bonds is 2. The van der Waals surface area contributed by atoms with Gasteiger partial charge in [0.2, 0.25) is 0 Å². The third kappa shape index (κ3) is 1.52. The molecule has 2 N–H and O–H groups in total. The van der Waals surface area contributed by atoms with Crippen LogP contribution in [0.3, 0.4) is 0 Å². The SMILES string of the molecule is CCC1(C(=O)O)COCCN1. The van der Waals surface area contributed by atoms with Gasteiger partial charge in [-0.3, -0.25) is 10.1 Å². The summed E-state index contributed by atoms with van der Waals surface area (Å²) in [6.07, 6.45) is 0.558. The molecule has 1 rings (SSSR count). The Labute approximate surface area is 65.5 Å². The molecular formula is C7H13NO3. The smallest absolute Gasteiger partial charge is 0.326 e. The molecule has 1 atom stereocenters. The lowest BCUT2D eigenvalue weighted by Gasteiger charge is -2.33. The van der Waals surface area contributed by atoms with Gasteiger partial charge in [0.25, 0.3) is 0 Å². The van der Waals surface area contributed by atoms with E-state index in [4.69, 9.17) is 9.84 Å². The molecule has 1 fully saturated rings. The van der Waals surface area contributed by atoms with Crippen LogP contribution in [-0.2, 0) is 9.53 Å². The van der Waals surface area contributed by atoms with Gasteiger partial charge in [0, 0.05) is 6.54 Å². The lowest BCUT2D eigenvalue weighted by atomic mass is 9.96. The van der Waals surface area contributed by atoms with E-state index < -0.39 is 11.5 Å². The van der Waals surface area contributed by atoms with Crippen LogP contribution in [0.4, 0.5) is 0 Å². The Morgan fingerprint density at radius 3 is 2.82 bits per heavy atom. The topological polar surface area (TPSA) is 58.6 Å². The molecule has 0 amide bonds. The summed E-state index contributed by atoms with van der Waals surface area (Å²) >= 11 is 0. The van der Waals surface area contributed by atoms with Crippen molar-refractivity contribution in [2.75, 3.05) is 19.8 Å². The normalized spacial score (nSPS) is 31.7. The molecule has 11 heavy (non-hydrogen) atoms. The molecule has 64 valence electrons. The first-order valence-corrected chi connectivity index (χ1v) is 3.77. The number of ether oxygens (including phenoxy) is 1. The molecule has 1 unspecified atom stereocenters. The third-order valence-corrected chi connectivity index (χ3v) is 2.07. The maximum absolute atomic E-state index is 10.8. The fourth-order valence-corrected chi connectivity index (χ4v) is 1.18. The second-order valence-corrected chi connectivity index (χ2v) is 2.72. The standard InChI is InChI=1S/C7H13NO3/c1-2-7(6(9)10)5-11-4-3-8-7/h8H,2-5H2,1H3,(H,9,10). The minimum absolute atomic E-state index is 0.277. The van der Waals surface area contributed by atoms with Crippen LogP contribution < -0.4 is 5.32 Å². The summed E-state index contributed by atoms with van der Waals surface area (Å²) in [6.45, 7) is 3.35. The molecule has 4 nitrogen and oxygen atoms in total. The van der Waals surface area contributed by atoms with E-state index in [0.717, 1.165) is 0 Å². The Balaban J connectivity index is 2.64. The highest BCUT2D eigenvalue weighted by atomic mass is 16.5. The van der Waals surface area contributed by atoms with Crippen LogP contribution in [0.15, 0.2) is 0 Å². The number of aliphatic carboxylic acids is 1. The number of carbonyl (C=O) groups is 1. The molecule has 0 saturated carbocycles. The Morgan fingerprint density at radius 2 is 2.55 bits per heavy atom. The lowest BCUT2D eigenvalue weighted by molar-refractivity contribution is -0.150. The second-order valence-electron chi connectivity index (χ2n) is 2.72. The average Bonchev–Trinajstić information content (AvgIpc) is 2.05. The van der Waals surface area contributed by atoms with E-state index in [2.05, 4.69) is 5.32 Å². The minimum atomic E-state index is -0.835. The van der Waals surface area contributed by atoms with Crippen molar-refractivity contribution in [3.05, 3.63) is 0 Å². The van der Waals surface area contributed by atoms with Crippen LogP contribution >= 0.6 is 0 Å². The van der Waals surface area contributed by atoms with Gasteiger partial charge < -0.3 is 9.84 Å². The molecule has 1 saturated heterocycles. The molecule has 1 aliphatic rings. The van der Waals surface area contributed by atoms with E-state index >= 15 is 0 Å². The van der Waals surface area contributed by atoms with E-state index in [-0.39, 0.29) is 6.61 Å². The highest BCUT2D eigenvalue weighted by Crippen LogP contribution is 2.13. The molecule has 4 heteroatoms. The molecule has 0 bridgehead atoms. The number of hydrogen-bond donors (Lipinski definition) is 2. The van der Waals surface area contributed by atoms with Crippen molar-refractivity contribution < 1.29 is 14.6 Å². The van der Waals surface area contributed by atoms with Crippen molar-refractivity contribution >= 4 is 5.97 Å². The van der Waals surface area contributed by atoms with Crippen molar-refractivity contribution in [2.24, 2.45) is 0 Å². The van der Waals surface area contributed by atoms with Gasteiger partial charge in [-0.1, -0.05) is 6.92 Å². The van der Waals surface area contributed by atoms with E-state index in [1.807, 2.05) is 6.92 Å². The van der Waals surface area contributed by atoms with Gasteiger partial charge in [0.1, 0.15) is 5.54 Å². The Bertz CT molecular complexity index is 152. The maximum atomic E-state index is 10.8. The van der Waals surface area contributed by atoms with E-state index in [1.54, 1.807) is 0 Å². The number of carboxylic acid groups (broad SMARTS) is 1. The van der Waals surface area contributed by atoms with Crippen LogP contribution in [0.1, 0.15) is 13.3 Å². The van der Waals surface area contributed by atoms with Gasteiger partial charge in [-0.05, 0) is 6.42 Å². The zero-order chi connectivity index (χ0) is 8.32. The predicted molar refractivity (Wildman–Crippen MR) is 39.5 cm³/mol. The molecular weight excluding hydrogens is 146 g/mol. The zero-order valence-corrected chi connectivity index (χ0v) is 6.59. The van der Waals surface area contributed by atoms with Crippen LogP contribution in [0.5, 0.6) is 0 Å². The number of morpholine rings is 1. The fraction of sp³-hybridized carbons (Fsp3) is 0.857. The number of hydrogen-bond acceptors (Lipinski definition) is 3. The summed E-state index contributed by atoms with van der Waals surface area (Å²) in [7, 11) is 0. The molecule has 0 aromatic heterocycles. The first-order valence-electron chi connectivity index (χ1n) is 3.77. The highest BCUT2D eigenvalue weighted by molar-refractivity contribution is 5.79. The van der Waals surface area contributed by atoms with Crippen molar-refractivity contribution in [3.8, 4) is 0 Å². The summed E-state index contributed by atoms with van der Waals surface area (Å²) in [5.41, 5.74) is -0.835. The first-order chi connectivity index (χ1) is 5.21. The quantitative estimate of drug-likeness (QED) is 0.587. The van der Waals surface area contributed by atoms with Gasteiger partial charge in [0.15, 0.2) is 0 Å².